The van der Waals surface area contributed by atoms with Gasteiger partial charge in [0.2, 0.25) is 5.91 Å². The molecule has 0 saturated carbocycles. The quantitative estimate of drug-likeness (QED) is 0.517. The SMILES string of the molecule is COC(=O)c1cc(C(=O)c2ccccc2)c(NC(=O)CCl)s1. The van der Waals surface area contributed by atoms with Crippen LogP contribution >= 0.6 is 22.9 Å². The maximum absolute atomic E-state index is 12.5. The number of carbonyl (C=O) groups excluding carboxylic acids is 3. The molecule has 0 atom stereocenters. The number of ketones is 1. The molecule has 0 fully saturated rings. The molecule has 1 heterocycles. The van der Waals surface area contributed by atoms with Gasteiger partial charge in [-0.05, 0) is 6.07 Å². The molecule has 0 aliphatic heterocycles. The lowest BCUT2D eigenvalue weighted by Gasteiger charge is -2.04. The number of hydrogen-bond donors (Lipinski definition) is 1. The summed E-state index contributed by atoms with van der Waals surface area (Å²) in [7, 11) is 1.25. The normalized spacial score (nSPS) is 10.1. The summed E-state index contributed by atoms with van der Waals surface area (Å²) >= 11 is 6.44. The van der Waals surface area contributed by atoms with E-state index >= 15 is 0 Å². The lowest BCUT2D eigenvalue weighted by atomic mass is 10.1. The summed E-state index contributed by atoms with van der Waals surface area (Å²) in [5.41, 5.74) is 0.688. The van der Waals surface area contributed by atoms with Gasteiger partial charge in [0, 0.05) is 5.56 Å². The zero-order chi connectivity index (χ0) is 16.1. The summed E-state index contributed by atoms with van der Waals surface area (Å²) in [6.45, 7) is 0. The summed E-state index contributed by atoms with van der Waals surface area (Å²) in [4.78, 5) is 35.9. The van der Waals surface area contributed by atoms with E-state index in [1.807, 2.05) is 0 Å². The van der Waals surface area contributed by atoms with Gasteiger partial charge in [-0.25, -0.2) is 4.79 Å². The average molecular weight is 338 g/mol. The third kappa shape index (κ3) is 3.52. The summed E-state index contributed by atoms with van der Waals surface area (Å²) in [5.74, 6) is -1.57. The molecule has 0 spiro atoms. The maximum atomic E-state index is 12.5. The predicted molar refractivity (Wildman–Crippen MR) is 84.9 cm³/mol. The second kappa shape index (κ2) is 7.20. The molecule has 0 aliphatic rings. The molecule has 2 rings (SSSR count). The smallest absolute Gasteiger partial charge is 0.348 e. The molecule has 0 bridgehead atoms. The number of benzene rings is 1. The van der Waals surface area contributed by atoms with E-state index in [9.17, 15) is 14.4 Å². The minimum Gasteiger partial charge on any atom is -0.465 e. The van der Waals surface area contributed by atoms with Crippen molar-refractivity contribution in [2.45, 2.75) is 0 Å². The van der Waals surface area contributed by atoms with Crippen molar-refractivity contribution >= 4 is 45.6 Å². The molecule has 7 heteroatoms. The van der Waals surface area contributed by atoms with Gasteiger partial charge in [0.05, 0.1) is 12.7 Å². The molecule has 0 unspecified atom stereocenters. The van der Waals surface area contributed by atoms with Crippen molar-refractivity contribution in [3.05, 3.63) is 52.4 Å². The Bertz CT molecular complexity index is 712. The summed E-state index contributed by atoms with van der Waals surface area (Å²) in [6, 6.07) is 9.99. The van der Waals surface area contributed by atoms with Crippen molar-refractivity contribution in [2.75, 3.05) is 18.3 Å². The number of methoxy groups -OCH3 is 1. The Balaban J connectivity index is 2.43. The highest BCUT2D eigenvalue weighted by atomic mass is 35.5. The molecule has 0 aliphatic carbocycles. The fraction of sp³-hybridized carbons (Fsp3) is 0.133. The van der Waals surface area contributed by atoms with E-state index in [1.165, 1.54) is 13.2 Å². The van der Waals surface area contributed by atoms with Crippen LogP contribution in [0.25, 0.3) is 0 Å². The largest absolute Gasteiger partial charge is 0.465 e. The first kappa shape index (κ1) is 16.2. The Morgan fingerprint density at radius 1 is 1.23 bits per heavy atom. The summed E-state index contributed by atoms with van der Waals surface area (Å²) < 4.78 is 4.64. The second-order valence-electron chi connectivity index (χ2n) is 4.22. The molecule has 5 nitrogen and oxygen atoms in total. The summed E-state index contributed by atoms with van der Waals surface area (Å²) in [5, 5.41) is 2.81. The van der Waals surface area contributed by atoms with E-state index in [0.29, 0.717) is 5.56 Å². The molecule has 1 N–H and O–H groups in total. The molecule has 0 radical (unpaired) electrons. The zero-order valence-corrected chi connectivity index (χ0v) is 13.2. The fourth-order valence-electron chi connectivity index (χ4n) is 1.76. The lowest BCUT2D eigenvalue weighted by Crippen LogP contribution is -2.14. The Morgan fingerprint density at radius 3 is 2.50 bits per heavy atom. The average Bonchev–Trinajstić information content (AvgIpc) is 2.97. The van der Waals surface area contributed by atoms with Crippen LogP contribution in [0.4, 0.5) is 5.00 Å². The van der Waals surface area contributed by atoms with E-state index in [1.54, 1.807) is 30.3 Å². The number of alkyl halides is 1. The van der Waals surface area contributed by atoms with Gasteiger partial charge in [-0.15, -0.1) is 22.9 Å². The molecule has 1 aromatic carbocycles. The van der Waals surface area contributed by atoms with Crippen LogP contribution in [0.15, 0.2) is 36.4 Å². The van der Waals surface area contributed by atoms with Gasteiger partial charge in [-0.3, -0.25) is 9.59 Å². The maximum Gasteiger partial charge on any atom is 0.348 e. The van der Waals surface area contributed by atoms with Crippen molar-refractivity contribution < 1.29 is 19.1 Å². The van der Waals surface area contributed by atoms with E-state index in [2.05, 4.69) is 10.1 Å². The van der Waals surface area contributed by atoms with Crippen LogP contribution in [0.1, 0.15) is 25.6 Å². The first-order valence-electron chi connectivity index (χ1n) is 6.24. The first-order chi connectivity index (χ1) is 10.6. The highest BCUT2D eigenvalue weighted by Gasteiger charge is 2.22. The minimum absolute atomic E-state index is 0.228. The number of halogens is 1. The number of rotatable bonds is 5. The van der Waals surface area contributed by atoms with Crippen LogP contribution in [0.2, 0.25) is 0 Å². The van der Waals surface area contributed by atoms with Gasteiger partial charge in [0.25, 0.3) is 0 Å². The first-order valence-corrected chi connectivity index (χ1v) is 7.59. The van der Waals surface area contributed by atoms with Gasteiger partial charge < -0.3 is 10.1 Å². The van der Waals surface area contributed by atoms with Crippen LogP contribution in [0, 0.1) is 0 Å². The zero-order valence-electron chi connectivity index (χ0n) is 11.6. The van der Waals surface area contributed by atoms with Crippen LogP contribution in [0.3, 0.4) is 0 Å². The monoisotopic (exact) mass is 337 g/mol. The molecule has 22 heavy (non-hydrogen) atoms. The Morgan fingerprint density at radius 2 is 1.91 bits per heavy atom. The van der Waals surface area contributed by atoms with Crippen molar-refractivity contribution in [3.8, 4) is 0 Å². The molecular formula is C15H12ClNO4S. The van der Waals surface area contributed by atoms with Crippen molar-refractivity contribution in [1.82, 2.24) is 0 Å². The van der Waals surface area contributed by atoms with Gasteiger partial charge in [-0.1, -0.05) is 30.3 Å². The van der Waals surface area contributed by atoms with E-state index < -0.39 is 11.9 Å². The number of hydrogen-bond acceptors (Lipinski definition) is 5. The molecular weight excluding hydrogens is 326 g/mol. The Labute approximate surface area is 135 Å². The minimum atomic E-state index is -0.571. The van der Waals surface area contributed by atoms with Crippen molar-refractivity contribution in [3.63, 3.8) is 0 Å². The van der Waals surface area contributed by atoms with Gasteiger partial charge >= 0.3 is 5.97 Å². The third-order valence-corrected chi connectivity index (χ3v) is 4.05. The van der Waals surface area contributed by atoms with Crippen LogP contribution in [-0.2, 0) is 9.53 Å². The molecule has 1 aromatic heterocycles. The van der Waals surface area contributed by atoms with Crippen molar-refractivity contribution in [2.24, 2.45) is 0 Å². The topological polar surface area (TPSA) is 72.5 Å². The van der Waals surface area contributed by atoms with Gasteiger partial charge in [-0.2, -0.15) is 0 Å². The van der Waals surface area contributed by atoms with E-state index in [4.69, 9.17) is 11.6 Å². The summed E-state index contributed by atoms with van der Waals surface area (Å²) in [6.07, 6.45) is 0. The van der Waals surface area contributed by atoms with Gasteiger partial charge in [0.15, 0.2) is 5.78 Å². The molecule has 114 valence electrons. The number of thiophene rings is 1. The number of esters is 1. The Hall–Kier alpha value is -2.18. The second-order valence-corrected chi connectivity index (χ2v) is 5.54. The number of nitrogens with one attached hydrogen (secondary N) is 1. The number of amides is 1. The predicted octanol–water partition coefficient (Wildman–Crippen LogP) is 2.94. The Kier molecular flexibility index (Phi) is 5.30. The van der Waals surface area contributed by atoms with Crippen LogP contribution < -0.4 is 5.32 Å². The number of carbonyl (C=O) groups is 3. The molecule has 0 saturated heterocycles. The van der Waals surface area contributed by atoms with Crippen LogP contribution in [0.5, 0.6) is 0 Å². The fourth-order valence-corrected chi connectivity index (χ4v) is 2.82. The van der Waals surface area contributed by atoms with Crippen molar-refractivity contribution in [1.29, 1.82) is 0 Å². The molecule has 1 amide bonds. The number of ether oxygens (including phenoxy) is 1. The van der Waals surface area contributed by atoms with Gasteiger partial charge in [0.1, 0.15) is 15.8 Å². The lowest BCUT2D eigenvalue weighted by molar-refractivity contribution is -0.113. The highest BCUT2D eigenvalue weighted by Crippen LogP contribution is 2.30. The standard InChI is InChI=1S/C15H12ClNO4S/c1-21-15(20)11-7-10(14(22-11)17-12(18)8-16)13(19)9-5-3-2-4-6-9/h2-7H,8H2,1H3,(H,17,18). The van der Waals surface area contributed by atoms with Crippen LogP contribution in [-0.4, -0.2) is 30.6 Å². The highest BCUT2D eigenvalue weighted by molar-refractivity contribution is 7.18. The van der Waals surface area contributed by atoms with E-state index in [0.717, 1.165) is 11.3 Å². The number of anilines is 1. The van der Waals surface area contributed by atoms with E-state index in [-0.39, 0.29) is 27.1 Å². The molecule has 2 aromatic rings. The third-order valence-electron chi connectivity index (χ3n) is 2.77.